The first kappa shape index (κ1) is 35.9. The smallest absolute Gasteiger partial charge is 0.403 e. The van der Waals surface area contributed by atoms with E-state index in [9.17, 15) is 17.6 Å². The van der Waals surface area contributed by atoms with Crippen LogP contribution in [0.2, 0.25) is 0 Å². The Bertz CT molecular complexity index is 1530. The standard InChI is InChI=1S/C33H31F9O6/c1-2-3-4-5-18-14-43-30(44-15-18)19-6-8-23(24(34)10-19)21-12-26(36)29(27(37)13-21)32(38,39)47-22-16-45-31(46-17-22)20-7-9-28(25(35)11-20)48-33(40,41)42/h6-13,18,22,30-31H,2-5,14-17H2,1H3. The summed E-state index contributed by atoms with van der Waals surface area (Å²) in [6, 6.07) is 7.22. The molecule has 2 heterocycles. The van der Waals surface area contributed by atoms with Crippen molar-refractivity contribution in [3.05, 3.63) is 88.5 Å². The van der Waals surface area contributed by atoms with E-state index in [-0.39, 0.29) is 22.6 Å². The van der Waals surface area contributed by atoms with Crippen molar-refractivity contribution in [1.29, 1.82) is 0 Å². The Labute approximate surface area is 269 Å². The highest BCUT2D eigenvalue weighted by Crippen LogP contribution is 2.39. The van der Waals surface area contributed by atoms with Gasteiger partial charge < -0.3 is 28.4 Å². The summed E-state index contributed by atoms with van der Waals surface area (Å²) in [6.07, 6.45) is -9.24. The average molecular weight is 695 g/mol. The predicted molar refractivity (Wildman–Crippen MR) is 151 cm³/mol. The van der Waals surface area contributed by atoms with Crippen LogP contribution >= 0.6 is 0 Å². The molecule has 2 saturated heterocycles. The second-order valence-corrected chi connectivity index (χ2v) is 11.4. The van der Waals surface area contributed by atoms with Crippen molar-refractivity contribution in [1.82, 2.24) is 0 Å². The van der Waals surface area contributed by atoms with E-state index < -0.39 is 79.0 Å². The highest BCUT2D eigenvalue weighted by Gasteiger charge is 2.43. The molecule has 0 radical (unpaired) electrons. The van der Waals surface area contributed by atoms with E-state index in [2.05, 4.69) is 16.4 Å². The van der Waals surface area contributed by atoms with E-state index in [4.69, 9.17) is 18.9 Å². The molecule has 15 heteroatoms. The number of halogens is 9. The summed E-state index contributed by atoms with van der Waals surface area (Å²) in [6.45, 7) is 1.74. The lowest BCUT2D eigenvalue weighted by Crippen LogP contribution is -2.38. The van der Waals surface area contributed by atoms with Crippen molar-refractivity contribution in [2.45, 2.75) is 63.8 Å². The van der Waals surface area contributed by atoms with E-state index in [1.165, 1.54) is 12.1 Å². The number of benzene rings is 3. The quantitative estimate of drug-likeness (QED) is 0.147. The molecule has 3 aromatic carbocycles. The summed E-state index contributed by atoms with van der Waals surface area (Å²) < 4.78 is 156. The molecule has 2 fully saturated rings. The Hall–Kier alpha value is -3.37. The lowest BCUT2D eigenvalue weighted by atomic mass is 9.99. The van der Waals surface area contributed by atoms with E-state index >= 15 is 22.0 Å². The highest BCUT2D eigenvalue weighted by molar-refractivity contribution is 5.65. The molecule has 0 bridgehead atoms. The summed E-state index contributed by atoms with van der Waals surface area (Å²) in [5, 5.41) is 0. The van der Waals surface area contributed by atoms with Gasteiger partial charge in [-0.25, -0.2) is 17.6 Å². The Morgan fingerprint density at radius 2 is 1.25 bits per heavy atom. The summed E-state index contributed by atoms with van der Waals surface area (Å²) in [4.78, 5) is 0. The zero-order valence-electron chi connectivity index (χ0n) is 25.4. The van der Waals surface area contributed by atoms with Crippen LogP contribution in [0.3, 0.4) is 0 Å². The molecule has 0 spiro atoms. The molecule has 6 nitrogen and oxygen atoms in total. The van der Waals surface area contributed by atoms with Crippen molar-refractivity contribution < 1.29 is 67.9 Å². The molecule has 2 aliphatic heterocycles. The third-order valence-corrected chi connectivity index (χ3v) is 7.73. The minimum Gasteiger partial charge on any atom is -0.403 e. The Morgan fingerprint density at radius 1 is 0.688 bits per heavy atom. The van der Waals surface area contributed by atoms with Crippen molar-refractivity contribution >= 4 is 0 Å². The Kier molecular flexibility index (Phi) is 11.2. The van der Waals surface area contributed by atoms with Gasteiger partial charge in [-0.1, -0.05) is 44.4 Å². The van der Waals surface area contributed by atoms with Gasteiger partial charge in [-0.3, -0.25) is 0 Å². The largest absolute Gasteiger partial charge is 0.573 e. The average Bonchev–Trinajstić information content (AvgIpc) is 3.01. The normalized spacial score (nSPS) is 22.1. The van der Waals surface area contributed by atoms with Crippen LogP contribution in [0.1, 0.15) is 61.9 Å². The highest BCUT2D eigenvalue weighted by atomic mass is 19.4. The van der Waals surface area contributed by atoms with Gasteiger partial charge in [-0.2, -0.15) is 8.78 Å². The van der Waals surface area contributed by atoms with Gasteiger partial charge in [-0.05, 0) is 42.3 Å². The first-order valence-corrected chi connectivity index (χ1v) is 15.1. The molecule has 2 aliphatic rings. The van der Waals surface area contributed by atoms with Crippen molar-refractivity contribution in [3.8, 4) is 16.9 Å². The van der Waals surface area contributed by atoms with Gasteiger partial charge in [0.2, 0.25) is 0 Å². The SMILES string of the molecule is CCCCCC1COC(c2ccc(-c3cc(F)c(C(F)(F)OC4COC(c5ccc(OC(F)(F)F)c(F)c5)OC4)c(F)c3)c(F)c2)OC1. The maximum Gasteiger partial charge on any atom is 0.573 e. The van der Waals surface area contributed by atoms with Crippen LogP contribution in [-0.2, 0) is 29.8 Å². The molecule has 0 N–H and O–H groups in total. The monoisotopic (exact) mass is 694 g/mol. The van der Waals surface area contributed by atoms with E-state index in [1.54, 1.807) is 0 Å². The van der Waals surface area contributed by atoms with Crippen molar-refractivity contribution in [2.24, 2.45) is 5.92 Å². The van der Waals surface area contributed by atoms with Crippen LogP contribution in [0.5, 0.6) is 5.75 Å². The Morgan fingerprint density at radius 3 is 1.79 bits per heavy atom. The molecule has 0 aromatic heterocycles. The number of unbranched alkanes of at least 4 members (excludes halogenated alkanes) is 2. The molecular formula is C33H31F9O6. The Balaban J connectivity index is 1.20. The van der Waals surface area contributed by atoms with Crippen molar-refractivity contribution in [3.63, 3.8) is 0 Å². The topological polar surface area (TPSA) is 55.4 Å². The van der Waals surface area contributed by atoms with E-state index in [1.807, 2.05) is 0 Å². The minimum atomic E-state index is -5.13. The fourth-order valence-corrected chi connectivity index (χ4v) is 5.39. The van der Waals surface area contributed by atoms with Crippen molar-refractivity contribution in [2.75, 3.05) is 26.4 Å². The molecule has 0 amide bonds. The van der Waals surface area contributed by atoms with Crippen LogP contribution in [-0.4, -0.2) is 38.9 Å². The summed E-state index contributed by atoms with van der Waals surface area (Å²) in [5.41, 5.74) is -2.08. The van der Waals surface area contributed by atoms with Gasteiger partial charge in [-0.15, -0.1) is 13.2 Å². The predicted octanol–water partition coefficient (Wildman–Crippen LogP) is 9.23. The van der Waals surface area contributed by atoms with Gasteiger partial charge in [0.05, 0.1) is 26.4 Å². The molecule has 0 atom stereocenters. The van der Waals surface area contributed by atoms with E-state index in [0.717, 1.165) is 37.8 Å². The van der Waals surface area contributed by atoms with Crippen LogP contribution in [0.15, 0.2) is 48.5 Å². The summed E-state index contributed by atoms with van der Waals surface area (Å²) in [5.74, 6) is -6.57. The lowest BCUT2D eigenvalue weighted by Gasteiger charge is -2.32. The maximum absolute atomic E-state index is 15.1. The fraction of sp³-hybridized carbons (Fsp3) is 0.455. The molecule has 0 saturated carbocycles. The molecule has 5 rings (SSSR count). The summed E-state index contributed by atoms with van der Waals surface area (Å²) >= 11 is 0. The zero-order valence-corrected chi connectivity index (χ0v) is 25.4. The van der Waals surface area contributed by atoms with Gasteiger partial charge >= 0.3 is 12.5 Å². The van der Waals surface area contributed by atoms with Gasteiger partial charge in [0.15, 0.2) is 24.1 Å². The fourth-order valence-electron chi connectivity index (χ4n) is 5.39. The maximum atomic E-state index is 15.1. The molecule has 3 aromatic rings. The van der Waals surface area contributed by atoms with Crippen LogP contribution in [0.4, 0.5) is 39.5 Å². The van der Waals surface area contributed by atoms with Gasteiger partial charge in [0.1, 0.15) is 29.1 Å². The summed E-state index contributed by atoms with van der Waals surface area (Å²) in [7, 11) is 0. The molecular weight excluding hydrogens is 663 g/mol. The molecule has 262 valence electrons. The number of rotatable bonds is 11. The molecule has 48 heavy (non-hydrogen) atoms. The zero-order chi connectivity index (χ0) is 34.6. The second kappa shape index (κ2) is 15.0. The van der Waals surface area contributed by atoms with Crippen LogP contribution < -0.4 is 4.74 Å². The molecule has 0 aliphatic carbocycles. The first-order valence-electron chi connectivity index (χ1n) is 15.1. The minimum absolute atomic E-state index is 0.0922. The van der Waals surface area contributed by atoms with Crippen LogP contribution in [0, 0.1) is 29.2 Å². The lowest BCUT2D eigenvalue weighted by molar-refractivity contribution is -0.322. The second-order valence-electron chi connectivity index (χ2n) is 11.4. The van der Waals surface area contributed by atoms with Crippen LogP contribution in [0.25, 0.3) is 11.1 Å². The van der Waals surface area contributed by atoms with E-state index in [0.29, 0.717) is 43.0 Å². The number of hydrogen-bond donors (Lipinski definition) is 0. The van der Waals surface area contributed by atoms with Gasteiger partial charge in [0.25, 0.3) is 0 Å². The third-order valence-electron chi connectivity index (χ3n) is 7.73. The first-order chi connectivity index (χ1) is 22.7. The van der Waals surface area contributed by atoms with Gasteiger partial charge in [0, 0.05) is 22.6 Å². The third kappa shape index (κ3) is 8.80. The molecule has 0 unspecified atom stereocenters. The number of alkyl halides is 5. The number of hydrogen-bond acceptors (Lipinski definition) is 6. The number of ether oxygens (including phenoxy) is 6.